The van der Waals surface area contributed by atoms with Crippen molar-refractivity contribution in [2.75, 3.05) is 24.3 Å². The van der Waals surface area contributed by atoms with Gasteiger partial charge >= 0.3 is 0 Å². The lowest BCUT2D eigenvalue weighted by Crippen LogP contribution is -2.28. The molecular weight excluding hydrogens is 692 g/mol. The summed E-state index contributed by atoms with van der Waals surface area (Å²) in [6.45, 7) is 0.346. The van der Waals surface area contributed by atoms with Gasteiger partial charge < -0.3 is 19.5 Å². The van der Waals surface area contributed by atoms with E-state index >= 15 is 4.39 Å². The number of halogens is 3. The average molecular weight is 723 g/mol. The first kappa shape index (κ1) is 32.5. The van der Waals surface area contributed by atoms with Gasteiger partial charge in [-0.15, -0.1) is 0 Å². The summed E-state index contributed by atoms with van der Waals surface area (Å²) in [5.41, 5.74) is 1.06. The maximum Gasteiger partial charge on any atom is 0.180 e. The fourth-order valence-electron chi connectivity index (χ4n) is 5.33. The molecule has 1 aliphatic rings. The Morgan fingerprint density at radius 3 is 2.57 bits per heavy atom. The zero-order valence-electron chi connectivity index (χ0n) is 25.0. The molecule has 47 heavy (non-hydrogen) atoms. The first-order valence-corrected chi connectivity index (χ1v) is 17.2. The van der Waals surface area contributed by atoms with Crippen LogP contribution in [-0.2, 0) is 31.5 Å². The van der Waals surface area contributed by atoms with E-state index in [0.29, 0.717) is 50.2 Å². The highest BCUT2D eigenvalue weighted by molar-refractivity contribution is 9.10. The Morgan fingerprint density at radius 2 is 1.81 bits per heavy atom. The highest BCUT2D eigenvalue weighted by Crippen LogP contribution is 2.41. The molecule has 0 fully saturated rings. The largest absolute Gasteiger partial charge is 0.490 e. The minimum absolute atomic E-state index is 0.00690. The zero-order valence-corrected chi connectivity index (χ0v) is 27.4. The second kappa shape index (κ2) is 14.2. The van der Waals surface area contributed by atoms with E-state index in [4.69, 9.17) is 14.2 Å². The predicted octanol–water partition coefficient (Wildman–Crippen LogP) is 8.00. The Hall–Kier alpha value is -4.39. The zero-order chi connectivity index (χ0) is 32.9. The molecule has 0 aliphatic carbocycles. The van der Waals surface area contributed by atoms with Crippen molar-refractivity contribution in [3.05, 3.63) is 131 Å². The first-order valence-electron chi connectivity index (χ1n) is 14.8. The molecule has 12 heteroatoms. The number of hydrogen-bond acceptors (Lipinski definition) is 8. The van der Waals surface area contributed by atoms with E-state index in [-0.39, 0.29) is 42.7 Å². The number of aromatic nitrogens is 2. The average Bonchev–Trinajstić information content (AvgIpc) is 3.54. The Kier molecular flexibility index (Phi) is 9.81. The second-order valence-corrected chi connectivity index (χ2v) is 13.9. The SMILES string of the molecule is O=S(=O)(CCOCCC1(c2cc3c(Nc4ccc(OCc5cccc(F)c5)c(Br)c4)ncnc3cc2F)CC=CO1)c1ccccc1. The monoisotopic (exact) mass is 721 g/mol. The summed E-state index contributed by atoms with van der Waals surface area (Å²) in [6, 6.07) is 22.9. The molecule has 1 unspecified atom stereocenters. The molecule has 4 aromatic carbocycles. The number of benzene rings is 4. The van der Waals surface area contributed by atoms with Crippen LogP contribution in [0, 0.1) is 11.6 Å². The molecule has 1 aromatic heterocycles. The molecule has 0 saturated carbocycles. The first-order chi connectivity index (χ1) is 22.7. The van der Waals surface area contributed by atoms with Crippen LogP contribution in [0.3, 0.4) is 0 Å². The second-order valence-electron chi connectivity index (χ2n) is 10.9. The summed E-state index contributed by atoms with van der Waals surface area (Å²) in [5, 5.41) is 3.87. The van der Waals surface area contributed by atoms with Gasteiger partial charge in [0.2, 0.25) is 0 Å². The van der Waals surface area contributed by atoms with Gasteiger partial charge in [-0.25, -0.2) is 27.2 Å². The number of hydrogen-bond donors (Lipinski definition) is 1. The van der Waals surface area contributed by atoms with Crippen LogP contribution in [0.1, 0.15) is 24.0 Å². The molecule has 0 saturated heterocycles. The molecule has 0 bridgehead atoms. The summed E-state index contributed by atoms with van der Waals surface area (Å²) < 4.78 is 72.6. The van der Waals surface area contributed by atoms with Crippen molar-refractivity contribution in [2.45, 2.75) is 29.9 Å². The molecule has 0 amide bonds. The summed E-state index contributed by atoms with van der Waals surface area (Å²) in [4.78, 5) is 8.94. The van der Waals surface area contributed by atoms with E-state index in [2.05, 4.69) is 31.2 Å². The minimum Gasteiger partial charge on any atom is -0.490 e. The smallest absolute Gasteiger partial charge is 0.180 e. The van der Waals surface area contributed by atoms with E-state index < -0.39 is 21.3 Å². The van der Waals surface area contributed by atoms with Gasteiger partial charge in [0.25, 0.3) is 0 Å². The van der Waals surface area contributed by atoms with Gasteiger partial charge in [0, 0.05) is 35.5 Å². The van der Waals surface area contributed by atoms with Crippen molar-refractivity contribution in [3.8, 4) is 5.75 Å². The van der Waals surface area contributed by atoms with Crippen LogP contribution in [0.25, 0.3) is 10.9 Å². The number of nitrogens with one attached hydrogen (secondary N) is 1. The normalized spacial score (nSPS) is 15.9. The molecule has 6 rings (SSSR count). The van der Waals surface area contributed by atoms with Crippen LogP contribution in [0.15, 0.2) is 113 Å². The number of anilines is 2. The van der Waals surface area contributed by atoms with E-state index in [1.807, 2.05) is 18.2 Å². The molecule has 8 nitrogen and oxygen atoms in total. The lowest BCUT2D eigenvalue weighted by Gasteiger charge is -2.30. The molecule has 1 aliphatic heterocycles. The standard InChI is InChI=1S/C35H30BrF2N3O5S/c36-30-19-26(10-11-33(30)45-22-24-6-4-7-25(37)18-24)41-34-28-20-29(31(38)21-32(28)39-23-40-34)35(12-5-14-46-35)13-15-44-16-17-47(42,43)27-8-2-1-3-9-27/h1-11,14,18-21,23H,12-13,15-17,22H2,(H,39,40,41). The van der Waals surface area contributed by atoms with Crippen molar-refractivity contribution in [1.82, 2.24) is 9.97 Å². The maximum atomic E-state index is 15.7. The highest BCUT2D eigenvalue weighted by atomic mass is 79.9. The summed E-state index contributed by atoms with van der Waals surface area (Å²) in [6.07, 6.45) is 5.41. The molecule has 0 radical (unpaired) electrons. The van der Waals surface area contributed by atoms with Gasteiger partial charge in [0.05, 0.1) is 40.1 Å². The lowest BCUT2D eigenvalue weighted by atomic mass is 9.87. The lowest BCUT2D eigenvalue weighted by molar-refractivity contribution is 0.000268. The molecule has 1 N–H and O–H groups in total. The van der Waals surface area contributed by atoms with Crippen LogP contribution >= 0.6 is 15.9 Å². The molecule has 242 valence electrons. The van der Waals surface area contributed by atoms with Gasteiger partial charge in [-0.1, -0.05) is 30.3 Å². The van der Waals surface area contributed by atoms with Crippen LogP contribution in [0.2, 0.25) is 0 Å². The number of sulfone groups is 1. The predicted molar refractivity (Wildman–Crippen MR) is 178 cm³/mol. The van der Waals surface area contributed by atoms with Crippen LogP contribution in [-0.4, -0.2) is 37.4 Å². The van der Waals surface area contributed by atoms with Gasteiger partial charge in [-0.3, -0.25) is 0 Å². The van der Waals surface area contributed by atoms with E-state index in [0.717, 1.165) is 0 Å². The van der Waals surface area contributed by atoms with Crippen LogP contribution in [0.4, 0.5) is 20.3 Å². The van der Waals surface area contributed by atoms with Crippen LogP contribution < -0.4 is 10.1 Å². The molecule has 0 spiro atoms. The van der Waals surface area contributed by atoms with Gasteiger partial charge in [-0.2, -0.15) is 0 Å². The number of nitrogens with zero attached hydrogens (tertiary/aromatic N) is 2. The Balaban J connectivity index is 1.16. The van der Waals surface area contributed by atoms with Gasteiger partial charge in [0.15, 0.2) is 9.84 Å². The number of ether oxygens (including phenoxy) is 3. The Bertz CT molecular complexity index is 2020. The topological polar surface area (TPSA) is 99.6 Å². The number of fused-ring (bicyclic) bond motifs is 1. The Morgan fingerprint density at radius 1 is 0.957 bits per heavy atom. The molecular formula is C35H30BrF2N3O5S. The van der Waals surface area contributed by atoms with Crippen molar-refractivity contribution in [1.29, 1.82) is 0 Å². The highest BCUT2D eigenvalue weighted by Gasteiger charge is 2.38. The van der Waals surface area contributed by atoms with Gasteiger partial charge in [0.1, 0.15) is 41.7 Å². The summed E-state index contributed by atoms with van der Waals surface area (Å²) in [7, 11) is -3.48. The van der Waals surface area contributed by atoms with E-state index in [9.17, 15) is 12.8 Å². The van der Waals surface area contributed by atoms with Crippen LogP contribution in [0.5, 0.6) is 5.75 Å². The van der Waals surface area contributed by atoms with Crippen molar-refractivity contribution >= 4 is 48.2 Å². The Labute approximate surface area is 279 Å². The third-order valence-corrected chi connectivity index (χ3v) is 10.1. The molecule has 5 aromatic rings. The van der Waals surface area contributed by atoms with E-state index in [1.165, 1.54) is 24.5 Å². The third-order valence-electron chi connectivity index (χ3n) is 7.78. The van der Waals surface area contributed by atoms with Gasteiger partial charge in [-0.05, 0) is 76.1 Å². The van der Waals surface area contributed by atoms with Crippen molar-refractivity contribution in [3.63, 3.8) is 0 Å². The maximum absolute atomic E-state index is 15.7. The summed E-state index contributed by atoms with van der Waals surface area (Å²) >= 11 is 3.54. The third kappa shape index (κ3) is 7.61. The van der Waals surface area contributed by atoms with E-state index in [1.54, 1.807) is 60.9 Å². The van der Waals surface area contributed by atoms with Crippen molar-refractivity contribution < 1.29 is 31.4 Å². The quantitative estimate of drug-likeness (QED) is 0.122. The number of rotatable bonds is 13. The fourth-order valence-corrected chi connectivity index (χ4v) is 6.97. The fraction of sp³-hybridized carbons (Fsp3) is 0.200. The molecule has 2 heterocycles. The molecule has 1 atom stereocenters. The summed E-state index contributed by atoms with van der Waals surface area (Å²) in [5.74, 6) is 0.0484. The minimum atomic E-state index is -3.48. The van der Waals surface area contributed by atoms with Crippen molar-refractivity contribution in [2.24, 2.45) is 0 Å².